The van der Waals surface area contributed by atoms with Crippen molar-refractivity contribution in [3.8, 4) is 0 Å². The van der Waals surface area contributed by atoms with Crippen LogP contribution < -0.4 is 21.7 Å². The van der Waals surface area contributed by atoms with Gasteiger partial charge in [0.15, 0.2) is 0 Å². The molecular weight excluding hydrogens is 614 g/mol. The summed E-state index contributed by atoms with van der Waals surface area (Å²) >= 11 is 0. The summed E-state index contributed by atoms with van der Waals surface area (Å²) < 4.78 is 5.69. The number of amides is 5. The van der Waals surface area contributed by atoms with Gasteiger partial charge in [0.2, 0.25) is 17.6 Å². The highest BCUT2D eigenvalue weighted by Crippen LogP contribution is 2.65. The number of primary amides is 1. The van der Waals surface area contributed by atoms with Gasteiger partial charge in [-0.15, -0.1) is 0 Å². The Morgan fingerprint density at radius 2 is 1.62 bits per heavy atom. The van der Waals surface area contributed by atoms with Gasteiger partial charge in [0.25, 0.3) is 5.91 Å². The van der Waals surface area contributed by atoms with Crippen molar-refractivity contribution in [1.29, 1.82) is 0 Å². The number of nitrogens with one attached hydrogen (secondary N) is 3. The highest BCUT2D eigenvalue weighted by Gasteiger charge is 2.70. The summed E-state index contributed by atoms with van der Waals surface area (Å²) in [5.74, 6) is -3.23. The Hall–Kier alpha value is -3.96. The van der Waals surface area contributed by atoms with Crippen molar-refractivity contribution in [3.63, 3.8) is 0 Å². The number of hydrogen-bond acceptors (Lipinski definition) is 7. The SMILES string of the molecule is CC(C)(C)[C@H](NC(=O)NC1(C(=O)OCc2ccccc2)CCCCC1)C(=O)N1C[C@H]2[C@@H]([C@H]1C(=O)NC(CC1CC1)C(=O)C(N)=O)C2(C)C. The summed E-state index contributed by atoms with van der Waals surface area (Å²) in [5.41, 5.74) is 3.95. The molecule has 3 saturated carbocycles. The number of fused-ring (bicyclic) bond motifs is 1. The predicted molar refractivity (Wildman–Crippen MR) is 177 cm³/mol. The first kappa shape index (κ1) is 35.3. The molecule has 1 aromatic carbocycles. The molecule has 0 spiro atoms. The maximum Gasteiger partial charge on any atom is 0.332 e. The van der Waals surface area contributed by atoms with Gasteiger partial charge in [-0.2, -0.15) is 0 Å². The molecule has 0 radical (unpaired) electrons. The lowest BCUT2D eigenvalue weighted by atomic mass is 9.81. The zero-order valence-electron chi connectivity index (χ0n) is 28.8. The number of rotatable bonds is 12. The highest BCUT2D eigenvalue weighted by atomic mass is 16.5. The summed E-state index contributed by atoms with van der Waals surface area (Å²) in [6.45, 7) is 9.98. The minimum atomic E-state index is -1.23. The number of likely N-dealkylation sites (tertiary alicyclic amines) is 1. The van der Waals surface area contributed by atoms with E-state index in [-0.39, 0.29) is 29.8 Å². The van der Waals surface area contributed by atoms with Crippen molar-refractivity contribution in [2.45, 2.75) is 116 Å². The van der Waals surface area contributed by atoms with E-state index in [2.05, 4.69) is 16.0 Å². The van der Waals surface area contributed by atoms with Gasteiger partial charge < -0.3 is 31.3 Å². The lowest BCUT2D eigenvalue weighted by Crippen LogP contribution is -2.64. The first-order valence-electron chi connectivity index (χ1n) is 17.3. The molecule has 5 amide bonds. The minimum Gasteiger partial charge on any atom is -0.459 e. The Morgan fingerprint density at radius 1 is 0.979 bits per heavy atom. The average molecular weight is 666 g/mol. The molecule has 4 aliphatic rings. The third-order valence-electron chi connectivity index (χ3n) is 11.0. The van der Waals surface area contributed by atoms with Crippen LogP contribution >= 0.6 is 0 Å². The number of piperidine rings is 1. The van der Waals surface area contributed by atoms with Crippen molar-refractivity contribution < 1.29 is 33.5 Å². The summed E-state index contributed by atoms with van der Waals surface area (Å²) in [6.07, 6.45) is 5.41. The van der Waals surface area contributed by atoms with Gasteiger partial charge in [-0.05, 0) is 53.4 Å². The fraction of sp³-hybridized carbons (Fsp3) is 0.667. The summed E-state index contributed by atoms with van der Waals surface area (Å²) in [4.78, 5) is 81.4. The number of carbonyl (C=O) groups excluding carboxylic acids is 6. The van der Waals surface area contributed by atoms with Gasteiger partial charge >= 0.3 is 12.0 Å². The van der Waals surface area contributed by atoms with Crippen LogP contribution in [0.4, 0.5) is 4.79 Å². The van der Waals surface area contributed by atoms with E-state index in [1.807, 2.05) is 65.0 Å². The second-order valence-electron chi connectivity index (χ2n) is 16.0. The number of ether oxygens (including phenoxy) is 1. The summed E-state index contributed by atoms with van der Waals surface area (Å²) in [5, 5.41) is 8.53. The molecule has 1 heterocycles. The number of ketones is 1. The molecule has 12 heteroatoms. The maximum atomic E-state index is 14.4. The Morgan fingerprint density at radius 3 is 2.21 bits per heavy atom. The molecule has 0 aromatic heterocycles. The van der Waals surface area contributed by atoms with E-state index < -0.39 is 64.6 Å². The molecule has 0 bridgehead atoms. The fourth-order valence-corrected chi connectivity index (χ4v) is 7.76. The third-order valence-corrected chi connectivity index (χ3v) is 11.0. The van der Waals surface area contributed by atoms with Crippen molar-refractivity contribution >= 4 is 35.5 Å². The Bertz CT molecular complexity index is 1430. The van der Waals surface area contributed by atoms with E-state index >= 15 is 0 Å². The summed E-state index contributed by atoms with van der Waals surface area (Å²) in [6, 6.07) is 5.70. The van der Waals surface area contributed by atoms with Crippen LogP contribution in [-0.2, 0) is 35.3 Å². The molecule has 1 saturated heterocycles. The smallest absolute Gasteiger partial charge is 0.332 e. The standard InChI is InChI=1S/C36H51N5O7/c1-34(2,3)28(39-33(47)40-36(16-10-7-11-17-36)32(46)48-20-22-12-8-6-9-13-22)31(45)41-19-23-25(35(23,4)5)26(41)30(44)38-24(18-21-14-15-21)27(42)29(37)43/h6,8-9,12-13,21,23-26,28H,7,10-11,14-20H2,1-5H3,(H2,37,43)(H,38,44)(H2,39,40,47)/t23-,24?,25-,26-,28+/m0/s1. The second-order valence-corrected chi connectivity index (χ2v) is 16.0. The third kappa shape index (κ3) is 7.52. The molecule has 4 fully saturated rings. The van der Waals surface area contributed by atoms with Crippen LogP contribution in [0.5, 0.6) is 0 Å². The molecule has 5 rings (SSSR count). The van der Waals surface area contributed by atoms with Crippen LogP contribution in [0.3, 0.4) is 0 Å². The lowest BCUT2D eigenvalue weighted by molar-refractivity contribution is -0.154. The van der Waals surface area contributed by atoms with Gasteiger partial charge in [-0.25, -0.2) is 9.59 Å². The van der Waals surface area contributed by atoms with Gasteiger partial charge in [0.05, 0.1) is 6.04 Å². The first-order chi connectivity index (χ1) is 22.5. The largest absolute Gasteiger partial charge is 0.459 e. The van der Waals surface area contributed by atoms with Crippen molar-refractivity contribution in [2.75, 3.05) is 6.54 Å². The quantitative estimate of drug-likeness (QED) is 0.196. The van der Waals surface area contributed by atoms with Crippen LogP contribution in [0, 0.1) is 28.6 Å². The van der Waals surface area contributed by atoms with E-state index in [1.165, 1.54) is 4.90 Å². The second kappa shape index (κ2) is 13.5. The fourth-order valence-electron chi connectivity index (χ4n) is 7.76. The molecule has 12 nitrogen and oxygen atoms in total. The Kier molecular flexibility index (Phi) is 9.95. The minimum absolute atomic E-state index is 0.0604. The Balaban J connectivity index is 1.31. The molecule has 5 N–H and O–H groups in total. The zero-order valence-corrected chi connectivity index (χ0v) is 28.8. The zero-order chi connectivity index (χ0) is 35.0. The normalized spacial score (nSPS) is 25.1. The van der Waals surface area contributed by atoms with E-state index in [0.717, 1.165) is 37.7 Å². The number of carbonyl (C=O) groups is 6. The van der Waals surface area contributed by atoms with Gasteiger partial charge in [0, 0.05) is 6.54 Å². The van der Waals surface area contributed by atoms with E-state index in [1.54, 1.807) is 0 Å². The molecule has 1 aromatic rings. The highest BCUT2D eigenvalue weighted by molar-refractivity contribution is 6.37. The van der Waals surface area contributed by atoms with E-state index in [9.17, 15) is 28.8 Å². The topological polar surface area (TPSA) is 177 Å². The molecule has 262 valence electrons. The Labute approximate surface area is 282 Å². The monoisotopic (exact) mass is 665 g/mol. The van der Waals surface area contributed by atoms with E-state index in [0.29, 0.717) is 25.8 Å². The number of esters is 1. The van der Waals surface area contributed by atoms with Crippen LogP contribution in [0.25, 0.3) is 0 Å². The summed E-state index contributed by atoms with van der Waals surface area (Å²) in [7, 11) is 0. The molecule has 5 atom stereocenters. The number of Topliss-reactive ketones (excluding diaryl/α,β-unsaturated/α-hetero) is 1. The predicted octanol–water partition coefficient (Wildman–Crippen LogP) is 2.97. The lowest BCUT2D eigenvalue weighted by Gasteiger charge is -2.39. The van der Waals surface area contributed by atoms with Crippen LogP contribution in [-0.4, -0.2) is 70.6 Å². The molecule has 1 aliphatic heterocycles. The molecule has 3 aliphatic carbocycles. The van der Waals surface area contributed by atoms with Crippen LogP contribution in [0.1, 0.15) is 91.5 Å². The molecular formula is C36H51N5O7. The molecule has 1 unspecified atom stereocenters. The van der Waals surface area contributed by atoms with Crippen molar-refractivity contribution in [1.82, 2.24) is 20.9 Å². The van der Waals surface area contributed by atoms with Crippen LogP contribution in [0.2, 0.25) is 0 Å². The first-order valence-corrected chi connectivity index (χ1v) is 17.3. The van der Waals surface area contributed by atoms with Crippen molar-refractivity contribution in [2.24, 2.45) is 34.3 Å². The maximum absolute atomic E-state index is 14.4. The number of benzene rings is 1. The number of nitrogens with two attached hydrogens (primary N) is 1. The number of hydrogen-bond donors (Lipinski definition) is 4. The van der Waals surface area contributed by atoms with Gasteiger partial charge in [-0.1, -0.05) is 97.1 Å². The molecule has 48 heavy (non-hydrogen) atoms. The average Bonchev–Trinajstić information content (AvgIpc) is 3.89. The van der Waals surface area contributed by atoms with E-state index in [4.69, 9.17) is 10.5 Å². The van der Waals surface area contributed by atoms with Gasteiger partial charge in [0.1, 0.15) is 24.2 Å². The van der Waals surface area contributed by atoms with Crippen LogP contribution in [0.15, 0.2) is 30.3 Å². The van der Waals surface area contributed by atoms with Gasteiger partial charge in [-0.3, -0.25) is 19.2 Å². The number of nitrogens with zero attached hydrogens (tertiary/aromatic N) is 1. The van der Waals surface area contributed by atoms with Crippen molar-refractivity contribution in [3.05, 3.63) is 35.9 Å². The number of urea groups is 1.